The van der Waals surface area contributed by atoms with Gasteiger partial charge in [-0.1, -0.05) is 12.1 Å². The van der Waals surface area contributed by atoms with Crippen LogP contribution in [0.15, 0.2) is 18.2 Å². The highest BCUT2D eigenvalue weighted by Gasteiger charge is 2.07. The summed E-state index contributed by atoms with van der Waals surface area (Å²) >= 11 is 0. The van der Waals surface area contributed by atoms with E-state index in [2.05, 4.69) is 12.1 Å². The van der Waals surface area contributed by atoms with Crippen LogP contribution >= 0.6 is 0 Å². The van der Waals surface area contributed by atoms with E-state index in [9.17, 15) is 4.79 Å². The molecule has 0 heterocycles. The monoisotopic (exact) mass is 265 g/mol. The van der Waals surface area contributed by atoms with Gasteiger partial charge in [-0.2, -0.15) is 0 Å². The summed E-state index contributed by atoms with van der Waals surface area (Å²) in [6, 6.07) is 6.16. The number of hydrogen-bond acceptors (Lipinski definition) is 4. The van der Waals surface area contributed by atoms with Gasteiger partial charge < -0.3 is 9.47 Å². The molecule has 0 N–H and O–H groups in total. The van der Waals surface area contributed by atoms with Crippen LogP contribution in [0.1, 0.15) is 18.1 Å². The molecule has 0 aliphatic carbocycles. The summed E-state index contributed by atoms with van der Waals surface area (Å²) in [6.07, 6.45) is 0.904. The first-order valence-electron chi connectivity index (χ1n) is 6.54. The fourth-order valence-corrected chi connectivity index (χ4v) is 1.92. The van der Waals surface area contributed by atoms with Gasteiger partial charge in [0.15, 0.2) is 0 Å². The third-order valence-electron chi connectivity index (χ3n) is 2.95. The largest absolute Gasteiger partial charge is 0.496 e. The molecule has 0 radical (unpaired) electrons. The molecule has 0 saturated carbocycles. The van der Waals surface area contributed by atoms with Crippen molar-refractivity contribution in [2.24, 2.45) is 0 Å². The lowest BCUT2D eigenvalue weighted by Gasteiger charge is -2.15. The molecule has 0 aliphatic rings. The van der Waals surface area contributed by atoms with Crippen molar-refractivity contribution in [3.05, 3.63) is 29.3 Å². The Labute approximate surface area is 115 Å². The van der Waals surface area contributed by atoms with Crippen molar-refractivity contribution in [1.29, 1.82) is 0 Å². The maximum absolute atomic E-state index is 11.3. The lowest BCUT2D eigenvalue weighted by Crippen LogP contribution is -2.29. The molecular formula is C15H23NO3. The lowest BCUT2D eigenvalue weighted by atomic mass is 10.1. The van der Waals surface area contributed by atoms with E-state index in [0.717, 1.165) is 24.3 Å². The second-order valence-electron chi connectivity index (χ2n) is 4.60. The Kier molecular flexibility index (Phi) is 6.36. The van der Waals surface area contributed by atoms with Gasteiger partial charge in [-0.3, -0.25) is 9.69 Å². The molecule has 4 nitrogen and oxygen atoms in total. The van der Waals surface area contributed by atoms with E-state index < -0.39 is 0 Å². The second kappa shape index (κ2) is 7.79. The summed E-state index contributed by atoms with van der Waals surface area (Å²) in [6.45, 7) is 5.45. The molecule has 1 aromatic rings. The zero-order valence-electron chi connectivity index (χ0n) is 12.2. The molecular weight excluding hydrogens is 242 g/mol. The maximum atomic E-state index is 11.3. The summed E-state index contributed by atoms with van der Waals surface area (Å²) in [5, 5.41) is 0. The number of esters is 1. The molecule has 0 aliphatic heterocycles. The molecule has 0 saturated heterocycles. The number of carbonyl (C=O) groups excluding carboxylic acids is 1. The fraction of sp³-hybridized carbons (Fsp3) is 0.533. The van der Waals surface area contributed by atoms with E-state index in [1.165, 1.54) is 5.56 Å². The van der Waals surface area contributed by atoms with Crippen LogP contribution in [0, 0.1) is 6.92 Å². The van der Waals surface area contributed by atoms with Crippen LogP contribution in [0.5, 0.6) is 5.75 Å². The van der Waals surface area contributed by atoms with Gasteiger partial charge >= 0.3 is 5.97 Å². The van der Waals surface area contributed by atoms with Gasteiger partial charge in [0.25, 0.3) is 0 Å². The highest BCUT2D eigenvalue weighted by Crippen LogP contribution is 2.18. The third-order valence-corrected chi connectivity index (χ3v) is 2.95. The average Bonchev–Trinajstić information content (AvgIpc) is 2.36. The Morgan fingerprint density at radius 3 is 2.68 bits per heavy atom. The minimum absolute atomic E-state index is 0.170. The molecule has 0 fully saturated rings. The second-order valence-corrected chi connectivity index (χ2v) is 4.60. The maximum Gasteiger partial charge on any atom is 0.320 e. The van der Waals surface area contributed by atoms with E-state index >= 15 is 0 Å². The molecule has 0 amide bonds. The van der Waals surface area contributed by atoms with Crippen molar-refractivity contribution in [2.75, 3.05) is 33.9 Å². The molecule has 0 unspecified atom stereocenters. The average molecular weight is 265 g/mol. The number of hydrogen-bond donors (Lipinski definition) is 0. The van der Waals surface area contributed by atoms with Crippen molar-refractivity contribution < 1.29 is 14.3 Å². The number of methoxy groups -OCH3 is 1. The van der Waals surface area contributed by atoms with Crippen LogP contribution in [-0.4, -0.2) is 44.7 Å². The Balaban J connectivity index is 2.43. The van der Waals surface area contributed by atoms with Crippen LogP contribution in [-0.2, 0) is 16.0 Å². The first kappa shape index (κ1) is 15.5. The molecule has 0 atom stereocenters. The Hall–Kier alpha value is -1.55. The van der Waals surface area contributed by atoms with Gasteiger partial charge in [-0.15, -0.1) is 0 Å². The number of nitrogens with zero attached hydrogens (tertiary/aromatic N) is 1. The smallest absolute Gasteiger partial charge is 0.320 e. The zero-order valence-corrected chi connectivity index (χ0v) is 12.2. The van der Waals surface area contributed by atoms with Crippen molar-refractivity contribution in [1.82, 2.24) is 4.90 Å². The third kappa shape index (κ3) is 5.30. The summed E-state index contributed by atoms with van der Waals surface area (Å²) in [5.74, 6) is 0.736. The zero-order chi connectivity index (χ0) is 14.3. The van der Waals surface area contributed by atoms with Crippen LogP contribution in [0.3, 0.4) is 0 Å². The minimum atomic E-state index is -0.170. The van der Waals surface area contributed by atoms with E-state index in [0.29, 0.717) is 13.2 Å². The summed E-state index contributed by atoms with van der Waals surface area (Å²) in [7, 11) is 3.60. The molecule has 106 valence electrons. The van der Waals surface area contributed by atoms with E-state index in [-0.39, 0.29) is 5.97 Å². The van der Waals surface area contributed by atoms with E-state index in [1.54, 1.807) is 7.11 Å². The standard InChI is InChI=1S/C15H23NO3/c1-5-19-15(17)11-16(3)9-8-13-6-7-14(18-4)12(2)10-13/h6-7,10H,5,8-9,11H2,1-4H3. The van der Waals surface area contributed by atoms with Gasteiger partial charge in [0.05, 0.1) is 20.3 Å². The van der Waals surface area contributed by atoms with Crippen molar-refractivity contribution in [3.63, 3.8) is 0 Å². The summed E-state index contributed by atoms with van der Waals surface area (Å²) in [4.78, 5) is 13.3. The number of benzene rings is 1. The van der Waals surface area contributed by atoms with Crippen molar-refractivity contribution in [2.45, 2.75) is 20.3 Å². The predicted molar refractivity (Wildman–Crippen MR) is 75.6 cm³/mol. The molecule has 0 aromatic heterocycles. The highest BCUT2D eigenvalue weighted by molar-refractivity contribution is 5.71. The molecule has 0 bridgehead atoms. The fourth-order valence-electron chi connectivity index (χ4n) is 1.92. The Morgan fingerprint density at radius 2 is 2.11 bits per heavy atom. The normalized spacial score (nSPS) is 10.6. The van der Waals surface area contributed by atoms with E-state index in [1.807, 2.05) is 31.9 Å². The van der Waals surface area contributed by atoms with Gasteiger partial charge in [-0.05, 0) is 44.5 Å². The van der Waals surface area contributed by atoms with Crippen LogP contribution < -0.4 is 4.74 Å². The Bertz CT molecular complexity index is 418. The first-order valence-corrected chi connectivity index (χ1v) is 6.54. The molecule has 0 spiro atoms. The summed E-state index contributed by atoms with van der Waals surface area (Å²) in [5.41, 5.74) is 2.38. The molecule has 4 heteroatoms. The predicted octanol–water partition coefficient (Wildman–Crippen LogP) is 2.04. The lowest BCUT2D eigenvalue weighted by molar-refractivity contribution is -0.144. The molecule has 19 heavy (non-hydrogen) atoms. The van der Waals surface area contributed by atoms with Crippen molar-refractivity contribution in [3.8, 4) is 5.75 Å². The first-order chi connectivity index (χ1) is 9.06. The highest BCUT2D eigenvalue weighted by atomic mass is 16.5. The Morgan fingerprint density at radius 1 is 1.37 bits per heavy atom. The van der Waals surface area contributed by atoms with Gasteiger partial charge in [0.1, 0.15) is 5.75 Å². The number of likely N-dealkylation sites (N-methyl/N-ethyl adjacent to an activating group) is 1. The SMILES string of the molecule is CCOC(=O)CN(C)CCc1ccc(OC)c(C)c1. The minimum Gasteiger partial charge on any atom is -0.496 e. The van der Waals surface area contributed by atoms with Gasteiger partial charge in [0, 0.05) is 6.54 Å². The van der Waals surface area contributed by atoms with Gasteiger partial charge in [-0.25, -0.2) is 0 Å². The molecule has 1 aromatic carbocycles. The topological polar surface area (TPSA) is 38.8 Å². The number of rotatable bonds is 7. The quantitative estimate of drug-likeness (QED) is 0.707. The van der Waals surface area contributed by atoms with Crippen LogP contribution in [0.4, 0.5) is 0 Å². The van der Waals surface area contributed by atoms with Crippen LogP contribution in [0.25, 0.3) is 0 Å². The molecule has 1 rings (SSSR count). The van der Waals surface area contributed by atoms with Crippen molar-refractivity contribution >= 4 is 5.97 Å². The van der Waals surface area contributed by atoms with Gasteiger partial charge in [0.2, 0.25) is 0 Å². The van der Waals surface area contributed by atoms with E-state index in [4.69, 9.17) is 9.47 Å². The number of aryl methyl sites for hydroxylation is 1. The number of ether oxygens (including phenoxy) is 2. The summed E-state index contributed by atoms with van der Waals surface area (Å²) < 4.78 is 10.2. The van der Waals surface area contributed by atoms with Crippen LogP contribution in [0.2, 0.25) is 0 Å². The number of carbonyl (C=O) groups is 1.